The van der Waals surface area contributed by atoms with Crippen LogP contribution in [-0.4, -0.2) is 36.8 Å². The van der Waals surface area contributed by atoms with Crippen molar-refractivity contribution in [1.82, 2.24) is 5.32 Å². The zero-order valence-electron chi connectivity index (χ0n) is 8.44. The van der Waals surface area contributed by atoms with Crippen LogP contribution in [0, 0.1) is 0 Å². The number of halogens is 1. The number of aliphatic hydroxyl groups excluding tert-OH is 1. The van der Waals surface area contributed by atoms with Crippen LogP contribution in [0.1, 0.15) is 4.88 Å². The Labute approximate surface area is 98.9 Å². The Morgan fingerprint density at radius 2 is 2.47 bits per heavy atom. The zero-order valence-corrected chi connectivity index (χ0v) is 10.0. The number of hydrogen-bond acceptors (Lipinski definition) is 3. The van der Waals surface area contributed by atoms with Crippen LogP contribution in [0.15, 0.2) is 17.5 Å². The van der Waals surface area contributed by atoms with Crippen molar-refractivity contribution in [3.63, 3.8) is 0 Å². The van der Waals surface area contributed by atoms with Crippen molar-refractivity contribution in [3.8, 4) is 0 Å². The van der Waals surface area contributed by atoms with Crippen molar-refractivity contribution in [2.75, 3.05) is 5.88 Å². The van der Waals surface area contributed by atoms with Crippen molar-refractivity contribution in [1.29, 1.82) is 0 Å². The largest absolute Gasteiger partial charge is 0.390 e. The van der Waals surface area contributed by atoms with Gasteiger partial charge in [-0.05, 0) is 11.4 Å². The lowest BCUT2D eigenvalue weighted by atomic mass is 10.0. The van der Waals surface area contributed by atoms with E-state index in [9.17, 15) is 9.90 Å². The molecule has 0 unspecified atom stereocenters. The first kappa shape index (κ1) is 12.6. The molecular weight excluding hydrogens is 232 g/mol. The minimum atomic E-state index is -0.710. The molecule has 1 heterocycles. The van der Waals surface area contributed by atoms with Gasteiger partial charge in [0.05, 0.1) is 18.0 Å². The van der Waals surface area contributed by atoms with Crippen LogP contribution in [0.4, 0.5) is 4.79 Å². The molecule has 0 fully saturated rings. The van der Waals surface area contributed by atoms with Gasteiger partial charge in [0.2, 0.25) is 7.85 Å². The van der Waals surface area contributed by atoms with Gasteiger partial charge >= 0.3 is 0 Å². The van der Waals surface area contributed by atoms with Gasteiger partial charge < -0.3 is 10.4 Å². The van der Waals surface area contributed by atoms with Crippen LogP contribution in [0.2, 0.25) is 0 Å². The fourth-order valence-corrected chi connectivity index (χ4v) is 2.28. The molecule has 82 valence electrons. The summed E-state index contributed by atoms with van der Waals surface area (Å²) >= 11 is 7.17. The first-order valence-corrected chi connectivity index (χ1v) is 6.08. The summed E-state index contributed by atoms with van der Waals surface area (Å²) in [5.74, 6) is -0.0308. The van der Waals surface area contributed by atoms with E-state index >= 15 is 0 Å². The summed E-state index contributed by atoms with van der Waals surface area (Å²) in [6, 6.07) is 3.61. The van der Waals surface area contributed by atoms with Gasteiger partial charge in [-0.15, -0.1) is 22.9 Å². The number of carbonyl (C=O) groups excluding carboxylic acids is 1. The number of aliphatic hydroxyl groups is 1. The number of hydrogen-bond donors (Lipinski definition) is 2. The molecule has 0 radical (unpaired) electrons. The molecular formula is C9H13BClNO2S. The Bertz CT molecular complexity index is 307. The molecule has 1 aromatic heterocycles. The van der Waals surface area contributed by atoms with E-state index in [0.717, 1.165) is 4.88 Å². The highest BCUT2D eigenvalue weighted by atomic mass is 35.5. The van der Waals surface area contributed by atoms with Gasteiger partial charge in [0.1, 0.15) is 0 Å². The lowest BCUT2D eigenvalue weighted by Crippen LogP contribution is -2.45. The smallest absolute Gasteiger partial charge is 0.215 e. The first-order chi connectivity index (χ1) is 7.13. The van der Waals surface area contributed by atoms with E-state index in [-0.39, 0.29) is 17.7 Å². The topological polar surface area (TPSA) is 49.3 Å². The first-order valence-electron chi connectivity index (χ1n) is 4.67. The maximum absolute atomic E-state index is 10.9. The molecule has 0 aromatic carbocycles. The maximum Gasteiger partial charge on any atom is 0.215 e. The molecule has 0 aliphatic rings. The second kappa shape index (κ2) is 6.15. The predicted molar refractivity (Wildman–Crippen MR) is 65.6 cm³/mol. The molecule has 0 bridgehead atoms. The van der Waals surface area contributed by atoms with Crippen LogP contribution >= 0.6 is 22.9 Å². The van der Waals surface area contributed by atoms with Crippen molar-refractivity contribution < 1.29 is 9.90 Å². The number of thiophene rings is 1. The summed E-state index contributed by atoms with van der Waals surface area (Å²) in [4.78, 5) is 12.1. The molecule has 3 nitrogen and oxygen atoms in total. The molecule has 0 aliphatic carbocycles. The van der Waals surface area contributed by atoms with Crippen molar-refractivity contribution in [2.24, 2.45) is 0 Å². The Hall–Kier alpha value is -0.515. The average molecular weight is 246 g/mol. The van der Waals surface area contributed by atoms with Crippen LogP contribution in [0.25, 0.3) is 0 Å². The molecule has 0 aliphatic heterocycles. The molecule has 1 amide bonds. The number of alkyl halides is 1. The van der Waals surface area contributed by atoms with Gasteiger partial charge in [-0.2, -0.15) is 0 Å². The molecule has 2 atom stereocenters. The van der Waals surface area contributed by atoms with Crippen LogP contribution in [0.3, 0.4) is 0 Å². The lowest BCUT2D eigenvalue weighted by Gasteiger charge is -2.21. The summed E-state index contributed by atoms with van der Waals surface area (Å²) in [6.07, 6.45) is -0.0943. The van der Waals surface area contributed by atoms with Gasteiger partial charge in [-0.1, -0.05) is 6.07 Å². The molecule has 0 saturated heterocycles. The quantitative estimate of drug-likeness (QED) is 0.590. The number of carbonyl (C=O) groups is 1. The predicted octanol–water partition coefficient (Wildman–Crippen LogP) is 0.602. The van der Waals surface area contributed by atoms with Crippen LogP contribution in [-0.2, 0) is 6.42 Å². The number of nitrogens with one attached hydrogen (secondary N) is 1. The van der Waals surface area contributed by atoms with Crippen LogP contribution < -0.4 is 5.32 Å². The average Bonchev–Trinajstić information content (AvgIpc) is 2.67. The fraction of sp³-hybridized carbons (Fsp3) is 0.444. The van der Waals surface area contributed by atoms with Gasteiger partial charge in [0, 0.05) is 11.3 Å². The molecule has 2 N–H and O–H groups in total. The minimum Gasteiger partial charge on any atom is -0.390 e. The summed E-state index contributed by atoms with van der Waals surface area (Å²) in [5, 5.41) is 14.3. The van der Waals surface area contributed by atoms with E-state index in [1.165, 1.54) is 7.85 Å². The fourth-order valence-electron chi connectivity index (χ4n) is 1.30. The summed E-state index contributed by atoms with van der Waals surface area (Å²) in [6.45, 7) is 0. The van der Waals surface area contributed by atoms with Gasteiger partial charge in [0.25, 0.3) is 0 Å². The van der Waals surface area contributed by atoms with E-state index < -0.39 is 6.10 Å². The molecule has 0 spiro atoms. The van der Waals surface area contributed by atoms with E-state index in [2.05, 4.69) is 5.32 Å². The van der Waals surface area contributed by atoms with E-state index in [4.69, 9.17) is 11.6 Å². The summed E-state index contributed by atoms with van der Waals surface area (Å²) in [7, 11) is 1.43. The third kappa shape index (κ3) is 4.24. The normalized spacial score (nSPS) is 14.5. The van der Waals surface area contributed by atoms with E-state index in [1.54, 1.807) is 11.3 Å². The monoisotopic (exact) mass is 245 g/mol. The molecule has 1 aromatic rings. The van der Waals surface area contributed by atoms with Crippen molar-refractivity contribution >= 4 is 36.6 Å². The Morgan fingerprint density at radius 3 is 2.93 bits per heavy atom. The third-order valence-corrected chi connectivity index (χ3v) is 3.23. The Morgan fingerprint density at radius 1 is 1.73 bits per heavy atom. The second-order valence-electron chi connectivity index (χ2n) is 3.31. The maximum atomic E-state index is 10.9. The standard InChI is InChI=1S/C9H13BClNO2S/c10-9(14)12-7(8(13)5-11)4-6-2-1-3-15-6/h1-3,7-8,13H,4-5,10H2,(H,12,14)/t7-,8+/m1/s1. The zero-order chi connectivity index (χ0) is 11.3. The van der Waals surface area contributed by atoms with Gasteiger partial charge in [0.15, 0.2) is 5.81 Å². The number of amides is 1. The number of rotatable bonds is 5. The lowest BCUT2D eigenvalue weighted by molar-refractivity contribution is 0.152. The van der Waals surface area contributed by atoms with Crippen molar-refractivity contribution in [3.05, 3.63) is 22.4 Å². The third-order valence-electron chi connectivity index (χ3n) is 2.01. The molecule has 15 heavy (non-hydrogen) atoms. The van der Waals surface area contributed by atoms with E-state index in [0.29, 0.717) is 6.42 Å². The molecule has 1 rings (SSSR count). The van der Waals surface area contributed by atoms with Crippen molar-refractivity contribution in [2.45, 2.75) is 18.6 Å². The molecule has 0 saturated carbocycles. The second-order valence-corrected chi connectivity index (χ2v) is 4.65. The molecule has 6 heteroatoms. The Balaban J connectivity index is 2.60. The van der Waals surface area contributed by atoms with E-state index in [1.807, 2.05) is 17.5 Å². The highest BCUT2D eigenvalue weighted by Crippen LogP contribution is 2.13. The SMILES string of the molecule is BC(=O)N[C@H](Cc1cccs1)[C@@H](O)CCl. The van der Waals surface area contributed by atoms with Crippen LogP contribution in [0.5, 0.6) is 0 Å². The highest BCUT2D eigenvalue weighted by molar-refractivity contribution is 7.09. The van der Waals surface area contributed by atoms with Gasteiger partial charge in [-0.3, -0.25) is 4.79 Å². The minimum absolute atomic E-state index is 0.121. The summed E-state index contributed by atoms with van der Waals surface area (Å²) < 4.78 is 0. The highest BCUT2D eigenvalue weighted by Gasteiger charge is 2.19. The summed E-state index contributed by atoms with van der Waals surface area (Å²) in [5.41, 5.74) is 0. The van der Waals surface area contributed by atoms with Gasteiger partial charge in [-0.25, -0.2) is 0 Å². The Kier molecular flexibility index (Phi) is 5.15.